The maximum atomic E-state index is 13.5. The van der Waals surface area contributed by atoms with Gasteiger partial charge >= 0.3 is 0 Å². The van der Waals surface area contributed by atoms with Crippen LogP contribution in [-0.2, 0) is 26.6 Å². The van der Waals surface area contributed by atoms with Gasteiger partial charge in [-0.3, -0.25) is 14.4 Å². The van der Waals surface area contributed by atoms with Gasteiger partial charge in [0.1, 0.15) is 6.04 Å². The third-order valence-corrected chi connectivity index (χ3v) is 9.77. The molecule has 2 atom stereocenters. The molecule has 39 heavy (non-hydrogen) atoms. The number of nitrogens with one attached hydrogen (secondary N) is 3. The molecule has 0 radical (unpaired) electrons. The number of amides is 3. The average Bonchev–Trinajstić information content (AvgIpc) is 2.94. The summed E-state index contributed by atoms with van der Waals surface area (Å²) < 4.78 is 0. The first-order chi connectivity index (χ1) is 18.9. The Hall–Kier alpha value is -2.84. The average molecular weight is 549 g/mol. The van der Waals surface area contributed by atoms with E-state index < -0.39 is 18.0 Å². The quantitative estimate of drug-likeness (QED) is 0.326. The second-order valence-electron chi connectivity index (χ2n) is 11.6. The summed E-state index contributed by atoms with van der Waals surface area (Å²) in [5, 5.41) is 8.87. The van der Waals surface area contributed by atoms with Crippen LogP contribution in [-0.4, -0.2) is 48.1 Å². The monoisotopic (exact) mass is 548 g/mol. The third-order valence-electron chi connectivity index (χ3n) is 8.64. The lowest BCUT2D eigenvalue weighted by molar-refractivity contribution is -0.131. The van der Waals surface area contributed by atoms with E-state index in [0.29, 0.717) is 24.0 Å². The molecule has 4 bridgehead atoms. The molecule has 0 saturated heterocycles. The first-order valence-corrected chi connectivity index (χ1v) is 15.4. The molecule has 7 nitrogen and oxygen atoms in total. The number of carbonyl (C=O) groups excluding carboxylic acids is 3. The van der Waals surface area contributed by atoms with E-state index in [1.807, 2.05) is 60.7 Å². The van der Waals surface area contributed by atoms with E-state index in [9.17, 15) is 14.4 Å². The fourth-order valence-electron chi connectivity index (χ4n) is 6.98. The van der Waals surface area contributed by atoms with Crippen LogP contribution >= 0.6 is 11.8 Å². The smallest absolute Gasteiger partial charge is 0.243 e. The zero-order chi connectivity index (χ0) is 27.2. The van der Waals surface area contributed by atoms with Crippen molar-refractivity contribution in [1.29, 1.82) is 0 Å². The molecular weight excluding hydrogens is 508 g/mol. The Morgan fingerprint density at radius 3 is 2.03 bits per heavy atom. The van der Waals surface area contributed by atoms with Crippen molar-refractivity contribution < 1.29 is 14.4 Å². The van der Waals surface area contributed by atoms with Crippen LogP contribution in [0.3, 0.4) is 0 Å². The highest BCUT2D eigenvalue weighted by Gasteiger charge is 2.49. The first kappa shape index (κ1) is 27.7. The molecule has 5 N–H and O–H groups in total. The molecule has 4 fully saturated rings. The maximum absolute atomic E-state index is 13.5. The third kappa shape index (κ3) is 7.42. The number of rotatable bonds is 12. The van der Waals surface area contributed by atoms with Crippen molar-refractivity contribution in [2.75, 3.05) is 12.3 Å². The lowest BCUT2D eigenvalue weighted by Crippen LogP contribution is -2.59. The molecule has 3 amide bonds. The Balaban J connectivity index is 1.12. The Bertz CT molecular complexity index is 1100. The van der Waals surface area contributed by atoms with Crippen LogP contribution in [0.4, 0.5) is 0 Å². The van der Waals surface area contributed by atoms with Crippen molar-refractivity contribution in [3.8, 4) is 0 Å². The van der Waals surface area contributed by atoms with Crippen LogP contribution in [0.15, 0.2) is 60.7 Å². The fourth-order valence-corrected chi connectivity index (χ4v) is 7.93. The number of benzene rings is 2. The molecule has 0 unspecified atom stereocenters. The second kappa shape index (κ2) is 13.0. The van der Waals surface area contributed by atoms with E-state index in [0.717, 1.165) is 23.2 Å². The molecule has 4 aliphatic carbocycles. The van der Waals surface area contributed by atoms with E-state index in [1.165, 1.54) is 37.7 Å². The summed E-state index contributed by atoms with van der Waals surface area (Å²) in [4.78, 5) is 38.9. The molecule has 0 heterocycles. The predicted molar refractivity (Wildman–Crippen MR) is 155 cm³/mol. The zero-order valence-electron chi connectivity index (χ0n) is 22.4. The molecule has 8 heteroatoms. The second-order valence-corrected chi connectivity index (χ2v) is 12.6. The summed E-state index contributed by atoms with van der Waals surface area (Å²) >= 11 is 1.58. The Morgan fingerprint density at radius 2 is 1.41 bits per heavy atom. The molecule has 2 aromatic rings. The highest BCUT2D eigenvalue weighted by Crippen LogP contribution is 2.53. The van der Waals surface area contributed by atoms with E-state index in [1.54, 1.807) is 11.8 Å². The Labute approximate surface area is 235 Å². The van der Waals surface area contributed by atoms with Gasteiger partial charge in [-0.15, -0.1) is 0 Å². The van der Waals surface area contributed by atoms with Crippen LogP contribution in [0.2, 0.25) is 0 Å². The molecule has 6 rings (SSSR count). The number of hydrogen-bond acceptors (Lipinski definition) is 5. The molecule has 4 saturated carbocycles. The molecule has 0 aliphatic heterocycles. The summed E-state index contributed by atoms with van der Waals surface area (Å²) in [6.07, 6.45) is 6.61. The number of thioether (sulfide) groups is 1. The number of nitrogens with two attached hydrogens (primary N) is 1. The highest BCUT2D eigenvalue weighted by molar-refractivity contribution is 7.98. The minimum Gasteiger partial charge on any atom is -0.351 e. The summed E-state index contributed by atoms with van der Waals surface area (Å²) in [5.41, 5.74) is 8.20. The first-order valence-electron chi connectivity index (χ1n) is 14.2. The van der Waals surface area contributed by atoms with Gasteiger partial charge in [-0.1, -0.05) is 60.7 Å². The molecular formula is C31H40N4O3S. The molecule has 208 valence electrons. The van der Waals surface area contributed by atoms with Crippen molar-refractivity contribution in [2.45, 2.75) is 62.4 Å². The van der Waals surface area contributed by atoms with Crippen LogP contribution in [0.25, 0.3) is 0 Å². The van der Waals surface area contributed by atoms with Crippen LogP contribution in [0.5, 0.6) is 0 Å². The van der Waals surface area contributed by atoms with Crippen LogP contribution in [0, 0.1) is 23.7 Å². The van der Waals surface area contributed by atoms with E-state index in [4.69, 9.17) is 5.73 Å². The van der Waals surface area contributed by atoms with Gasteiger partial charge in [0.15, 0.2) is 0 Å². The van der Waals surface area contributed by atoms with Crippen LogP contribution in [0.1, 0.15) is 43.2 Å². The highest BCUT2D eigenvalue weighted by atomic mass is 32.2. The minimum absolute atomic E-state index is 0.134. The maximum Gasteiger partial charge on any atom is 0.243 e. The van der Waals surface area contributed by atoms with Crippen LogP contribution < -0.4 is 21.7 Å². The zero-order valence-corrected chi connectivity index (χ0v) is 23.2. The van der Waals surface area contributed by atoms with E-state index >= 15 is 0 Å². The van der Waals surface area contributed by atoms with Gasteiger partial charge in [0, 0.05) is 24.0 Å². The van der Waals surface area contributed by atoms with E-state index in [2.05, 4.69) is 16.0 Å². The number of hydrogen-bond donors (Lipinski definition) is 4. The van der Waals surface area contributed by atoms with Gasteiger partial charge in [0.25, 0.3) is 0 Å². The summed E-state index contributed by atoms with van der Waals surface area (Å²) in [5.74, 6) is 3.08. The van der Waals surface area contributed by atoms with E-state index in [-0.39, 0.29) is 24.4 Å². The van der Waals surface area contributed by atoms with Gasteiger partial charge in [-0.25, -0.2) is 0 Å². The standard InChI is InChI=1S/C31H40N4O3S/c32-26(19-39-18-21-9-5-2-6-10-21)30(37)33-17-28(36)34-27(16-20-7-3-1-4-8-20)31(38)35-29-24-12-22-11-23(14-24)15-25(29)13-22/h1-10,22-27,29H,11-19,32H2,(H,33,37)(H,34,36)(H,35,38)/t22?,23?,24?,25?,26-,27+,29?/m1/s1. The van der Waals surface area contributed by atoms with Gasteiger partial charge < -0.3 is 21.7 Å². The summed E-state index contributed by atoms with van der Waals surface area (Å²) in [7, 11) is 0. The van der Waals surface area contributed by atoms with Gasteiger partial charge in [-0.2, -0.15) is 11.8 Å². The molecule has 0 spiro atoms. The number of carbonyl (C=O) groups is 3. The van der Waals surface area contributed by atoms with Crippen molar-refractivity contribution in [1.82, 2.24) is 16.0 Å². The summed E-state index contributed by atoms with van der Waals surface area (Å²) in [6, 6.07) is 18.5. The predicted octanol–water partition coefficient (Wildman–Crippen LogP) is 3.03. The summed E-state index contributed by atoms with van der Waals surface area (Å²) in [6.45, 7) is -0.216. The normalized spacial score (nSPS) is 26.4. The SMILES string of the molecule is N[C@H](CSCc1ccccc1)C(=O)NCC(=O)N[C@@H](Cc1ccccc1)C(=O)NC1C2CC3CC(C2)CC1C3. The van der Waals surface area contributed by atoms with Crippen molar-refractivity contribution >= 4 is 29.5 Å². The molecule has 4 aliphatic rings. The van der Waals surface area contributed by atoms with Gasteiger partial charge in [-0.05, 0) is 66.9 Å². The molecule has 2 aromatic carbocycles. The largest absolute Gasteiger partial charge is 0.351 e. The van der Waals surface area contributed by atoms with Crippen molar-refractivity contribution in [3.63, 3.8) is 0 Å². The lowest BCUT2D eigenvalue weighted by atomic mass is 9.54. The van der Waals surface area contributed by atoms with Gasteiger partial charge in [0.05, 0.1) is 12.6 Å². The van der Waals surface area contributed by atoms with Gasteiger partial charge in [0.2, 0.25) is 17.7 Å². The molecule has 0 aromatic heterocycles. The fraction of sp³-hybridized carbons (Fsp3) is 0.516. The Kier molecular flexibility index (Phi) is 9.24. The topological polar surface area (TPSA) is 113 Å². The Morgan fingerprint density at radius 1 is 0.821 bits per heavy atom. The minimum atomic E-state index is -0.716. The van der Waals surface area contributed by atoms with Crippen molar-refractivity contribution in [3.05, 3.63) is 71.8 Å². The van der Waals surface area contributed by atoms with Crippen molar-refractivity contribution in [2.24, 2.45) is 29.4 Å². The lowest BCUT2D eigenvalue weighted by Gasteiger charge is -2.54.